The van der Waals surface area contributed by atoms with E-state index in [4.69, 9.17) is 4.98 Å². The van der Waals surface area contributed by atoms with Crippen molar-refractivity contribution in [2.45, 2.75) is 25.3 Å². The Morgan fingerprint density at radius 1 is 1.16 bits per heavy atom. The minimum atomic E-state index is -0.336. The van der Waals surface area contributed by atoms with Crippen molar-refractivity contribution in [3.63, 3.8) is 0 Å². The van der Waals surface area contributed by atoms with E-state index in [2.05, 4.69) is 16.0 Å². The SMILES string of the molecule is O=[N+]([O-])c1cccc(CN2CCC(c3nc4ccccc4[nH]3)CC2)c1. The molecule has 1 fully saturated rings. The molecule has 1 aliphatic heterocycles. The van der Waals surface area contributed by atoms with Crippen LogP contribution in [-0.4, -0.2) is 32.9 Å². The molecule has 3 aromatic rings. The number of imidazole rings is 1. The molecule has 0 atom stereocenters. The van der Waals surface area contributed by atoms with Gasteiger partial charge in [-0.25, -0.2) is 4.98 Å². The summed E-state index contributed by atoms with van der Waals surface area (Å²) in [5.41, 5.74) is 3.28. The molecule has 0 unspecified atom stereocenters. The van der Waals surface area contributed by atoms with Crippen molar-refractivity contribution in [1.29, 1.82) is 0 Å². The van der Waals surface area contributed by atoms with Crippen LogP contribution in [0.4, 0.5) is 5.69 Å². The first-order valence-electron chi connectivity index (χ1n) is 8.59. The Bertz CT molecular complexity index is 864. The van der Waals surface area contributed by atoms with Crippen molar-refractivity contribution in [3.8, 4) is 0 Å². The molecule has 0 radical (unpaired) electrons. The van der Waals surface area contributed by atoms with E-state index in [1.54, 1.807) is 12.1 Å². The van der Waals surface area contributed by atoms with Gasteiger partial charge in [-0.2, -0.15) is 0 Å². The largest absolute Gasteiger partial charge is 0.342 e. The van der Waals surface area contributed by atoms with Gasteiger partial charge in [-0.05, 0) is 43.6 Å². The van der Waals surface area contributed by atoms with Gasteiger partial charge in [0.15, 0.2) is 0 Å². The van der Waals surface area contributed by atoms with Crippen molar-refractivity contribution in [2.24, 2.45) is 0 Å². The second-order valence-corrected chi connectivity index (χ2v) is 6.62. The van der Waals surface area contributed by atoms with Gasteiger partial charge in [0.25, 0.3) is 5.69 Å². The topological polar surface area (TPSA) is 75.1 Å². The molecule has 0 amide bonds. The molecule has 2 heterocycles. The Morgan fingerprint density at radius 2 is 1.96 bits per heavy atom. The van der Waals surface area contributed by atoms with E-state index in [0.29, 0.717) is 5.92 Å². The third-order valence-corrected chi connectivity index (χ3v) is 4.91. The van der Waals surface area contributed by atoms with Gasteiger partial charge in [-0.3, -0.25) is 15.0 Å². The Hall–Kier alpha value is -2.73. The summed E-state index contributed by atoms with van der Waals surface area (Å²) >= 11 is 0. The molecule has 0 aliphatic carbocycles. The van der Waals surface area contributed by atoms with Crippen molar-refractivity contribution < 1.29 is 4.92 Å². The summed E-state index contributed by atoms with van der Waals surface area (Å²) in [6.07, 6.45) is 2.10. The maximum Gasteiger partial charge on any atom is 0.269 e. The first kappa shape index (κ1) is 15.8. The lowest BCUT2D eigenvalue weighted by Gasteiger charge is -2.31. The minimum absolute atomic E-state index is 0.162. The van der Waals surface area contributed by atoms with E-state index < -0.39 is 0 Å². The van der Waals surface area contributed by atoms with Crippen molar-refractivity contribution in [3.05, 3.63) is 70.0 Å². The number of hydrogen-bond acceptors (Lipinski definition) is 4. The number of benzene rings is 2. The van der Waals surface area contributed by atoms with Gasteiger partial charge in [0.05, 0.1) is 16.0 Å². The minimum Gasteiger partial charge on any atom is -0.342 e. The molecule has 1 N–H and O–H groups in total. The van der Waals surface area contributed by atoms with Gasteiger partial charge < -0.3 is 4.98 Å². The third-order valence-electron chi connectivity index (χ3n) is 4.91. The fraction of sp³-hybridized carbons (Fsp3) is 0.316. The summed E-state index contributed by atoms with van der Waals surface area (Å²) in [6, 6.07) is 15.0. The van der Waals surface area contributed by atoms with Crippen LogP contribution in [-0.2, 0) is 6.54 Å². The zero-order valence-corrected chi connectivity index (χ0v) is 13.9. The maximum absolute atomic E-state index is 10.9. The highest BCUT2D eigenvalue weighted by molar-refractivity contribution is 5.74. The zero-order chi connectivity index (χ0) is 17.2. The molecule has 6 nitrogen and oxygen atoms in total. The fourth-order valence-electron chi connectivity index (χ4n) is 3.56. The summed E-state index contributed by atoms with van der Waals surface area (Å²) in [7, 11) is 0. The van der Waals surface area contributed by atoms with Crippen LogP contribution in [0.25, 0.3) is 11.0 Å². The number of aromatic nitrogens is 2. The molecule has 0 bridgehead atoms. The van der Waals surface area contributed by atoms with Crippen LogP contribution in [0.3, 0.4) is 0 Å². The lowest BCUT2D eigenvalue weighted by atomic mass is 9.96. The zero-order valence-electron chi connectivity index (χ0n) is 13.9. The molecular formula is C19H20N4O2. The van der Waals surface area contributed by atoms with Crippen molar-refractivity contribution in [1.82, 2.24) is 14.9 Å². The highest BCUT2D eigenvalue weighted by Gasteiger charge is 2.23. The molecular weight excluding hydrogens is 316 g/mol. The number of nitrogens with one attached hydrogen (secondary N) is 1. The number of rotatable bonds is 4. The summed E-state index contributed by atoms with van der Waals surface area (Å²) in [6.45, 7) is 2.71. The second kappa shape index (κ2) is 6.64. The lowest BCUT2D eigenvalue weighted by Crippen LogP contribution is -2.32. The molecule has 25 heavy (non-hydrogen) atoms. The normalized spacial score (nSPS) is 16.3. The molecule has 0 spiro atoms. The van der Waals surface area contributed by atoms with Crippen LogP contribution < -0.4 is 0 Å². The van der Waals surface area contributed by atoms with Gasteiger partial charge in [0.1, 0.15) is 5.82 Å². The smallest absolute Gasteiger partial charge is 0.269 e. The third kappa shape index (κ3) is 3.39. The fourth-order valence-corrected chi connectivity index (χ4v) is 3.56. The van der Waals surface area contributed by atoms with Crippen LogP contribution in [0.1, 0.15) is 30.1 Å². The van der Waals surface area contributed by atoms with Crippen LogP contribution in [0, 0.1) is 10.1 Å². The number of nitrogens with zero attached hydrogens (tertiary/aromatic N) is 3. The standard InChI is InChI=1S/C19H20N4O2/c24-23(25)16-5-3-4-14(12-16)13-22-10-8-15(9-11-22)19-20-17-6-1-2-7-18(17)21-19/h1-7,12,15H,8-11,13H2,(H,20,21). The highest BCUT2D eigenvalue weighted by atomic mass is 16.6. The van der Waals surface area contributed by atoms with Crippen molar-refractivity contribution in [2.75, 3.05) is 13.1 Å². The van der Waals surface area contributed by atoms with Gasteiger partial charge in [-0.1, -0.05) is 24.3 Å². The highest BCUT2D eigenvalue weighted by Crippen LogP contribution is 2.28. The van der Waals surface area contributed by atoms with Gasteiger partial charge in [-0.15, -0.1) is 0 Å². The maximum atomic E-state index is 10.9. The number of aromatic amines is 1. The molecule has 0 saturated carbocycles. The predicted molar refractivity (Wildman–Crippen MR) is 96.4 cm³/mol. The summed E-state index contributed by atoms with van der Waals surface area (Å²) in [4.78, 5) is 21.1. The number of non-ortho nitro benzene ring substituents is 1. The molecule has 4 rings (SSSR count). The number of nitro groups is 1. The van der Waals surface area contributed by atoms with Crippen LogP contribution in [0.5, 0.6) is 0 Å². The molecule has 1 aliphatic rings. The number of para-hydroxylation sites is 2. The quantitative estimate of drug-likeness (QED) is 0.580. The number of nitro benzene ring substituents is 1. The predicted octanol–water partition coefficient (Wildman–Crippen LogP) is 3.85. The molecule has 2 aromatic carbocycles. The first-order valence-corrected chi connectivity index (χ1v) is 8.59. The van der Waals surface area contributed by atoms with E-state index in [0.717, 1.165) is 54.9 Å². The molecule has 128 valence electrons. The van der Waals surface area contributed by atoms with Gasteiger partial charge in [0.2, 0.25) is 0 Å². The summed E-state index contributed by atoms with van der Waals surface area (Å²) < 4.78 is 0. The van der Waals surface area contributed by atoms with Gasteiger partial charge in [0, 0.05) is 24.6 Å². The van der Waals surface area contributed by atoms with E-state index in [1.165, 1.54) is 6.07 Å². The van der Waals surface area contributed by atoms with E-state index in [-0.39, 0.29) is 10.6 Å². The number of fused-ring (bicyclic) bond motifs is 1. The number of likely N-dealkylation sites (tertiary alicyclic amines) is 1. The van der Waals surface area contributed by atoms with E-state index in [9.17, 15) is 10.1 Å². The molecule has 6 heteroatoms. The van der Waals surface area contributed by atoms with Crippen LogP contribution in [0.15, 0.2) is 48.5 Å². The number of piperidine rings is 1. The number of H-pyrrole nitrogens is 1. The molecule has 1 saturated heterocycles. The summed E-state index contributed by atoms with van der Waals surface area (Å²) in [5, 5.41) is 10.9. The van der Waals surface area contributed by atoms with Crippen LogP contribution >= 0.6 is 0 Å². The van der Waals surface area contributed by atoms with E-state index in [1.807, 2.05) is 24.3 Å². The van der Waals surface area contributed by atoms with Gasteiger partial charge >= 0.3 is 0 Å². The monoisotopic (exact) mass is 336 g/mol. The Kier molecular flexibility index (Phi) is 4.19. The molecule has 1 aromatic heterocycles. The average Bonchev–Trinajstić information content (AvgIpc) is 3.07. The Labute approximate surface area is 145 Å². The van der Waals surface area contributed by atoms with Crippen molar-refractivity contribution >= 4 is 16.7 Å². The Balaban J connectivity index is 1.39. The Morgan fingerprint density at radius 3 is 2.72 bits per heavy atom. The lowest BCUT2D eigenvalue weighted by molar-refractivity contribution is -0.384. The number of hydrogen-bond donors (Lipinski definition) is 1. The van der Waals surface area contributed by atoms with Crippen LogP contribution in [0.2, 0.25) is 0 Å². The second-order valence-electron chi connectivity index (χ2n) is 6.62. The average molecular weight is 336 g/mol. The van der Waals surface area contributed by atoms with E-state index >= 15 is 0 Å². The summed E-state index contributed by atoms with van der Waals surface area (Å²) in [5.74, 6) is 1.53. The first-order chi connectivity index (χ1) is 12.2.